The Labute approximate surface area is 74.7 Å². The molecular formula is C6H4BrF3N2. The maximum Gasteiger partial charge on any atom is 0.435 e. The lowest BCUT2D eigenvalue weighted by molar-refractivity contribution is -0.140. The number of halogens is 4. The molecule has 0 fully saturated rings. The average Bonchev–Trinajstić information content (AvgIpc) is 1.92. The molecular weight excluding hydrogens is 237 g/mol. The summed E-state index contributed by atoms with van der Waals surface area (Å²) in [6.07, 6.45) is -4.49. The molecule has 0 saturated heterocycles. The van der Waals surface area contributed by atoms with Crippen molar-refractivity contribution in [3.8, 4) is 0 Å². The van der Waals surface area contributed by atoms with E-state index in [4.69, 9.17) is 5.73 Å². The topological polar surface area (TPSA) is 38.9 Å². The molecule has 0 saturated carbocycles. The summed E-state index contributed by atoms with van der Waals surface area (Å²) in [6.45, 7) is 0. The Balaban J connectivity index is 3.23. The van der Waals surface area contributed by atoms with Gasteiger partial charge in [-0.25, -0.2) is 4.98 Å². The lowest BCUT2D eigenvalue weighted by atomic mass is 10.3. The Morgan fingerprint density at radius 1 is 1.33 bits per heavy atom. The van der Waals surface area contributed by atoms with Crippen LogP contribution in [0.25, 0.3) is 0 Å². The molecule has 2 nitrogen and oxygen atoms in total. The molecule has 1 heterocycles. The molecule has 0 unspecified atom stereocenters. The van der Waals surface area contributed by atoms with Crippen LogP contribution < -0.4 is 5.73 Å². The molecule has 1 rings (SSSR count). The van der Waals surface area contributed by atoms with Crippen molar-refractivity contribution in [3.63, 3.8) is 0 Å². The highest BCUT2D eigenvalue weighted by molar-refractivity contribution is 9.10. The molecule has 0 spiro atoms. The van der Waals surface area contributed by atoms with E-state index in [0.717, 1.165) is 6.07 Å². The van der Waals surface area contributed by atoms with Crippen LogP contribution in [0, 0.1) is 0 Å². The van der Waals surface area contributed by atoms with E-state index in [1.54, 1.807) is 0 Å². The second-order valence-corrected chi connectivity index (χ2v) is 2.88. The molecule has 12 heavy (non-hydrogen) atoms. The number of nitrogens with two attached hydrogens (primary N) is 1. The predicted octanol–water partition coefficient (Wildman–Crippen LogP) is 2.45. The van der Waals surface area contributed by atoms with Gasteiger partial charge >= 0.3 is 6.18 Å². The first-order valence-corrected chi connectivity index (χ1v) is 3.70. The van der Waals surface area contributed by atoms with Crippen molar-refractivity contribution >= 4 is 21.6 Å². The molecule has 1 aromatic rings. The van der Waals surface area contributed by atoms with Crippen molar-refractivity contribution in [2.45, 2.75) is 6.18 Å². The SMILES string of the molecule is Nc1ccc(Br)nc1C(F)(F)F. The Bertz CT molecular complexity index is 297. The summed E-state index contributed by atoms with van der Waals surface area (Å²) in [6, 6.07) is 2.50. The van der Waals surface area contributed by atoms with Crippen LogP contribution in [0.5, 0.6) is 0 Å². The minimum atomic E-state index is -4.49. The van der Waals surface area contributed by atoms with Gasteiger partial charge in [0.2, 0.25) is 0 Å². The van der Waals surface area contributed by atoms with Crippen molar-refractivity contribution < 1.29 is 13.2 Å². The Hall–Kier alpha value is -0.780. The van der Waals surface area contributed by atoms with Gasteiger partial charge in [-0.1, -0.05) is 0 Å². The van der Waals surface area contributed by atoms with Crippen LogP contribution in [-0.4, -0.2) is 4.98 Å². The van der Waals surface area contributed by atoms with E-state index in [1.165, 1.54) is 6.07 Å². The highest BCUT2D eigenvalue weighted by Crippen LogP contribution is 2.32. The van der Waals surface area contributed by atoms with Gasteiger partial charge in [-0.2, -0.15) is 13.2 Å². The molecule has 0 aromatic carbocycles. The van der Waals surface area contributed by atoms with Crippen LogP contribution >= 0.6 is 15.9 Å². The van der Waals surface area contributed by atoms with Gasteiger partial charge in [-0.15, -0.1) is 0 Å². The number of hydrogen-bond acceptors (Lipinski definition) is 2. The van der Waals surface area contributed by atoms with Crippen molar-refractivity contribution in [1.82, 2.24) is 4.98 Å². The van der Waals surface area contributed by atoms with Crippen LogP contribution in [0.4, 0.5) is 18.9 Å². The quantitative estimate of drug-likeness (QED) is 0.708. The molecule has 66 valence electrons. The van der Waals surface area contributed by atoms with Crippen molar-refractivity contribution in [3.05, 3.63) is 22.4 Å². The van der Waals surface area contributed by atoms with E-state index in [9.17, 15) is 13.2 Å². The minimum absolute atomic E-state index is 0.115. The van der Waals surface area contributed by atoms with Crippen LogP contribution in [0.3, 0.4) is 0 Å². The van der Waals surface area contributed by atoms with E-state index in [2.05, 4.69) is 20.9 Å². The second kappa shape index (κ2) is 2.93. The van der Waals surface area contributed by atoms with Gasteiger partial charge in [0.1, 0.15) is 4.60 Å². The average molecular weight is 241 g/mol. The number of alkyl halides is 3. The number of hydrogen-bond donors (Lipinski definition) is 1. The predicted molar refractivity (Wildman–Crippen MR) is 41.4 cm³/mol. The zero-order valence-electron chi connectivity index (χ0n) is 5.69. The number of anilines is 1. The Morgan fingerprint density at radius 3 is 2.33 bits per heavy atom. The van der Waals surface area contributed by atoms with E-state index < -0.39 is 11.9 Å². The fourth-order valence-corrected chi connectivity index (χ4v) is 0.983. The summed E-state index contributed by atoms with van der Waals surface area (Å²) >= 11 is 2.82. The largest absolute Gasteiger partial charge is 0.435 e. The van der Waals surface area contributed by atoms with Crippen LogP contribution in [0.1, 0.15) is 5.69 Å². The molecule has 0 radical (unpaired) electrons. The number of rotatable bonds is 0. The Morgan fingerprint density at radius 2 is 1.92 bits per heavy atom. The highest BCUT2D eigenvalue weighted by Gasteiger charge is 2.34. The monoisotopic (exact) mass is 240 g/mol. The first-order valence-electron chi connectivity index (χ1n) is 2.90. The molecule has 0 atom stereocenters. The fourth-order valence-electron chi connectivity index (χ4n) is 0.673. The standard InChI is InChI=1S/C6H4BrF3N2/c7-4-2-1-3(11)5(12-4)6(8,9)10/h1-2H,11H2. The lowest BCUT2D eigenvalue weighted by Gasteiger charge is -2.07. The van der Waals surface area contributed by atoms with Crippen molar-refractivity contribution in [2.75, 3.05) is 5.73 Å². The Kier molecular flexibility index (Phi) is 2.27. The molecule has 1 aromatic heterocycles. The summed E-state index contributed by atoms with van der Waals surface area (Å²) in [7, 11) is 0. The van der Waals surface area contributed by atoms with Crippen molar-refractivity contribution in [1.29, 1.82) is 0 Å². The van der Waals surface area contributed by atoms with Gasteiger partial charge in [-0.05, 0) is 28.1 Å². The van der Waals surface area contributed by atoms with Gasteiger partial charge in [0.15, 0.2) is 5.69 Å². The maximum absolute atomic E-state index is 12.1. The molecule has 2 N–H and O–H groups in total. The van der Waals surface area contributed by atoms with Crippen LogP contribution in [-0.2, 0) is 6.18 Å². The van der Waals surface area contributed by atoms with Crippen LogP contribution in [0.15, 0.2) is 16.7 Å². The first kappa shape index (κ1) is 9.31. The van der Waals surface area contributed by atoms with E-state index in [0.29, 0.717) is 0 Å². The number of nitrogens with zero attached hydrogens (tertiary/aromatic N) is 1. The number of nitrogen functional groups attached to an aromatic ring is 1. The summed E-state index contributed by atoms with van der Waals surface area (Å²) in [5, 5.41) is 0. The van der Waals surface area contributed by atoms with Gasteiger partial charge in [0.25, 0.3) is 0 Å². The first-order chi connectivity index (χ1) is 5.41. The number of pyridine rings is 1. The minimum Gasteiger partial charge on any atom is -0.397 e. The molecule has 0 amide bonds. The maximum atomic E-state index is 12.1. The zero-order valence-corrected chi connectivity index (χ0v) is 7.28. The van der Waals surface area contributed by atoms with E-state index >= 15 is 0 Å². The zero-order chi connectivity index (χ0) is 9.35. The normalized spacial score (nSPS) is 11.7. The molecule has 0 aliphatic heterocycles. The highest BCUT2D eigenvalue weighted by atomic mass is 79.9. The summed E-state index contributed by atoms with van der Waals surface area (Å²) in [5.41, 5.74) is 3.64. The third-order valence-corrected chi connectivity index (χ3v) is 1.60. The van der Waals surface area contributed by atoms with Gasteiger partial charge < -0.3 is 5.73 Å². The third kappa shape index (κ3) is 1.88. The van der Waals surface area contributed by atoms with E-state index in [1.807, 2.05) is 0 Å². The lowest BCUT2D eigenvalue weighted by Crippen LogP contribution is -2.11. The van der Waals surface area contributed by atoms with Gasteiger partial charge in [-0.3, -0.25) is 0 Å². The van der Waals surface area contributed by atoms with Gasteiger partial charge in [0.05, 0.1) is 5.69 Å². The van der Waals surface area contributed by atoms with Gasteiger partial charge in [0, 0.05) is 0 Å². The second-order valence-electron chi connectivity index (χ2n) is 2.07. The summed E-state index contributed by atoms with van der Waals surface area (Å²) in [4.78, 5) is 3.21. The molecule has 6 heteroatoms. The smallest absolute Gasteiger partial charge is 0.397 e. The van der Waals surface area contributed by atoms with Crippen LogP contribution in [0.2, 0.25) is 0 Å². The van der Waals surface area contributed by atoms with Crippen molar-refractivity contribution in [2.24, 2.45) is 0 Å². The fraction of sp³-hybridized carbons (Fsp3) is 0.167. The van der Waals surface area contributed by atoms with E-state index in [-0.39, 0.29) is 10.3 Å². The molecule has 0 bridgehead atoms. The molecule has 0 aliphatic carbocycles. The third-order valence-electron chi connectivity index (χ3n) is 1.16. The molecule has 0 aliphatic rings. The number of aromatic nitrogens is 1. The summed E-state index contributed by atoms with van der Waals surface area (Å²) in [5.74, 6) is 0. The summed E-state index contributed by atoms with van der Waals surface area (Å²) < 4.78 is 36.3.